The molecular formula is C37H36N4O2S. The van der Waals surface area contributed by atoms with Gasteiger partial charge in [-0.05, 0) is 74.7 Å². The van der Waals surface area contributed by atoms with E-state index in [4.69, 9.17) is 22.6 Å². The first kappa shape index (κ1) is 31.9. The van der Waals surface area contributed by atoms with Gasteiger partial charge in [0, 0.05) is 45.7 Å². The summed E-state index contributed by atoms with van der Waals surface area (Å²) in [5, 5.41) is 9.32. The Hall–Kier alpha value is -5.03. The van der Waals surface area contributed by atoms with Crippen molar-refractivity contribution in [2.24, 2.45) is 0 Å². The van der Waals surface area contributed by atoms with E-state index >= 15 is 0 Å². The predicted molar refractivity (Wildman–Crippen MR) is 180 cm³/mol. The van der Waals surface area contributed by atoms with Crippen molar-refractivity contribution in [3.8, 4) is 11.8 Å². The van der Waals surface area contributed by atoms with E-state index in [9.17, 15) is 5.26 Å². The van der Waals surface area contributed by atoms with Gasteiger partial charge in [0.25, 0.3) is 5.70 Å². The van der Waals surface area contributed by atoms with Crippen LogP contribution in [0.25, 0.3) is 27.9 Å². The lowest BCUT2D eigenvalue weighted by molar-refractivity contribution is 0.0952. The molecule has 2 aromatic carbocycles. The van der Waals surface area contributed by atoms with Crippen LogP contribution in [0.4, 0.5) is 5.69 Å². The molecule has 0 unspecified atom stereocenters. The Bertz CT molecular complexity index is 1700. The molecule has 7 heteroatoms. The minimum Gasteiger partial charge on any atom is -0.505 e. The molecule has 0 radical (unpaired) electrons. The summed E-state index contributed by atoms with van der Waals surface area (Å²) in [4.78, 5) is 11.3. The highest BCUT2D eigenvalue weighted by molar-refractivity contribution is 7.13. The molecule has 222 valence electrons. The van der Waals surface area contributed by atoms with Gasteiger partial charge in [-0.25, -0.2) is 15.0 Å². The van der Waals surface area contributed by atoms with Gasteiger partial charge >= 0.3 is 0 Å². The summed E-state index contributed by atoms with van der Waals surface area (Å²) in [5.41, 5.74) is 3.11. The Morgan fingerprint density at radius 3 is 2.27 bits per heavy atom. The quantitative estimate of drug-likeness (QED) is 0.153. The van der Waals surface area contributed by atoms with Gasteiger partial charge in [0.15, 0.2) is 0 Å². The fourth-order valence-corrected chi connectivity index (χ4v) is 5.77. The average molecular weight is 601 g/mol. The van der Waals surface area contributed by atoms with Crippen LogP contribution < -0.4 is 9.64 Å². The predicted octanol–water partition coefficient (Wildman–Crippen LogP) is 9.77. The van der Waals surface area contributed by atoms with Gasteiger partial charge in [0.1, 0.15) is 23.7 Å². The molecule has 0 aliphatic carbocycles. The summed E-state index contributed by atoms with van der Waals surface area (Å²) in [6, 6.07) is 22.6. The molecule has 44 heavy (non-hydrogen) atoms. The Kier molecular flexibility index (Phi) is 10.8. The highest BCUT2D eigenvalue weighted by atomic mass is 32.1. The second-order valence-electron chi connectivity index (χ2n) is 10.8. The summed E-state index contributed by atoms with van der Waals surface area (Å²) in [6.45, 7) is 25.5. The monoisotopic (exact) mass is 600 g/mol. The number of hydrogen-bond donors (Lipinski definition) is 0. The minimum absolute atomic E-state index is 0.0563. The van der Waals surface area contributed by atoms with Crippen LogP contribution in [0, 0.1) is 24.5 Å². The maximum atomic E-state index is 9.32. The summed E-state index contributed by atoms with van der Waals surface area (Å²) >= 11 is 1.62. The Morgan fingerprint density at radius 1 is 0.977 bits per heavy atom. The van der Waals surface area contributed by atoms with Crippen LogP contribution >= 0.6 is 11.3 Å². The highest BCUT2D eigenvalue weighted by Gasteiger charge is 2.38. The lowest BCUT2D eigenvalue weighted by Gasteiger charge is -2.25. The maximum absolute atomic E-state index is 9.32. The van der Waals surface area contributed by atoms with Crippen molar-refractivity contribution in [3.63, 3.8) is 0 Å². The molecule has 6 nitrogen and oxygen atoms in total. The molecule has 0 bridgehead atoms. The molecule has 0 saturated carbocycles. The molecule has 4 rings (SSSR count). The fraction of sp³-hybridized carbons (Fsp3) is 0.270. The minimum atomic E-state index is -0.829. The van der Waals surface area contributed by atoms with Crippen LogP contribution in [0.5, 0.6) is 5.75 Å². The van der Waals surface area contributed by atoms with E-state index in [1.807, 2.05) is 56.3 Å². The average Bonchev–Trinajstić information content (AvgIpc) is 3.59. The summed E-state index contributed by atoms with van der Waals surface area (Å²) in [7, 11) is 0. The molecular weight excluding hydrogens is 565 g/mol. The summed E-state index contributed by atoms with van der Waals surface area (Å²) in [5.74, 6) is 0.902. The highest BCUT2D eigenvalue weighted by Crippen LogP contribution is 2.42. The van der Waals surface area contributed by atoms with Crippen molar-refractivity contribution < 1.29 is 9.47 Å². The smallest absolute Gasteiger partial charge is 0.292 e. The number of rotatable bonds is 12. The number of nitriles is 1. The van der Waals surface area contributed by atoms with E-state index in [2.05, 4.69) is 77.0 Å². The number of hydrogen-bond acceptors (Lipinski definition) is 5. The van der Waals surface area contributed by atoms with Crippen LogP contribution in [0.1, 0.15) is 61.4 Å². The summed E-state index contributed by atoms with van der Waals surface area (Å²) < 4.78 is 12.3. The Balaban J connectivity index is 1.59. The molecule has 1 aliphatic rings. The first-order valence-corrected chi connectivity index (χ1v) is 15.5. The van der Waals surface area contributed by atoms with Crippen molar-refractivity contribution in [3.05, 3.63) is 133 Å². The van der Waals surface area contributed by atoms with E-state index in [0.29, 0.717) is 12.2 Å². The van der Waals surface area contributed by atoms with Crippen LogP contribution in [0.15, 0.2) is 89.5 Å². The molecule has 0 fully saturated rings. The van der Waals surface area contributed by atoms with Crippen LogP contribution in [-0.2, 0) is 11.3 Å². The van der Waals surface area contributed by atoms with E-state index < -0.39 is 5.60 Å². The summed E-state index contributed by atoms with van der Waals surface area (Å²) in [6.07, 6.45) is 10.1. The number of ether oxygens (including phenoxy) is 2. The van der Waals surface area contributed by atoms with Crippen LogP contribution in [-0.4, -0.2) is 18.7 Å². The Labute approximate surface area is 265 Å². The van der Waals surface area contributed by atoms with Crippen molar-refractivity contribution in [1.82, 2.24) is 0 Å². The topological polar surface area (TPSA) is 54.2 Å². The second kappa shape index (κ2) is 14.9. The van der Waals surface area contributed by atoms with Gasteiger partial charge in [0.05, 0.1) is 19.2 Å². The Morgan fingerprint density at radius 2 is 1.66 bits per heavy atom. The number of benzene rings is 2. The molecule has 1 aromatic heterocycles. The lowest BCUT2D eigenvalue weighted by Crippen LogP contribution is -2.24. The van der Waals surface area contributed by atoms with Gasteiger partial charge < -0.3 is 14.4 Å². The van der Waals surface area contributed by atoms with Gasteiger partial charge in [-0.3, -0.25) is 0 Å². The SMILES string of the molecule is [C-]#[N+]C1=C(/C=C/c2ccc(/C=C/c3ccc(N(CCC)CCC)cc3OCc3ccccc3)s2)C(C)(C)O/C1=C(\C#N)[N+]#[C-]. The third kappa shape index (κ3) is 7.67. The van der Waals surface area contributed by atoms with E-state index in [0.717, 1.165) is 52.6 Å². The second-order valence-corrected chi connectivity index (χ2v) is 11.9. The van der Waals surface area contributed by atoms with Crippen LogP contribution in [0.2, 0.25) is 0 Å². The first-order valence-electron chi connectivity index (χ1n) is 14.7. The first-order chi connectivity index (χ1) is 21.3. The van der Waals surface area contributed by atoms with Crippen molar-refractivity contribution in [2.75, 3.05) is 18.0 Å². The molecule has 0 saturated heterocycles. The van der Waals surface area contributed by atoms with Gasteiger partial charge in [-0.2, -0.15) is 0 Å². The molecule has 3 aromatic rings. The van der Waals surface area contributed by atoms with E-state index in [1.54, 1.807) is 11.3 Å². The number of thiophene rings is 1. The standard InChI is InChI=1S/C37H36N4O2S/c1-7-22-41(23-8-2)29-16-14-28(34(24-29)42-26-27-12-10-9-11-13-27)15-17-30-18-19-31(44-30)20-21-32-35(40-6)36(33(25-38)39-5)43-37(32,3)4/h9-21,24H,7-8,22-23,26H2,1-4H3/b17-15+,21-20+,36-33+. The lowest BCUT2D eigenvalue weighted by atomic mass is 9.97. The molecule has 1 aliphatic heterocycles. The third-order valence-electron chi connectivity index (χ3n) is 7.10. The van der Waals surface area contributed by atoms with Crippen molar-refractivity contribution in [2.45, 2.75) is 52.7 Å². The van der Waals surface area contributed by atoms with E-state index in [1.165, 1.54) is 5.69 Å². The fourth-order valence-electron chi connectivity index (χ4n) is 4.96. The normalized spacial score (nSPS) is 15.1. The molecule has 0 N–H and O–H groups in total. The van der Waals surface area contributed by atoms with Crippen molar-refractivity contribution >= 4 is 35.3 Å². The number of allylic oxidation sites excluding steroid dienone is 1. The zero-order valence-corrected chi connectivity index (χ0v) is 26.4. The zero-order chi connectivity index (χ0) is 31.5. The zero-order valence-electron chi connectivity index (χ0n) is 25.6. The molecule has 0 atom stereocenters. The van der Waals surface area contributed by atoms with Gasteiger partial charge in [-0.15, -0.1) is 11.3 Å². The number of nitrogens with zero attached hydrogens (tertiary/aromatic N) is 4. The number of anilines is 1. The molecule has 2 heterocycles. The van der Waals surface area contributed by atoms with Crippen LogP contribution in [0.3, 0.4) is 0 Å². The van der Waals surface area contributed by atoms with E-state index in [-0.39, 0.29) is 17.2 Å². The molecule has 0 spiro atoms. The van der Waals surface area contributed by atoms with Gasteiger partial charge in [0.2, 0.25) is 5.70 Å². The van der Waals surface area contributed by atoms with Crippen molar-refractivity contribution in [1.29, 1.82) is 5.26 Å². The molecule has 0 amide bonds. The maximum Gasteiger partial charge on any atom is 0.292 e. The third-order valence-corrected chi connectivity index (χ3v) is 8.11. The van der Waals surface area contributed by atoms with Gasteiger partial charge in [-0.1, -0.05) is 50.3 Å². The largest absolute Gasteiger partial charge is 0.505 e.